The second-order valence-electron chi connectivity index (χ2n) is 12.7. The zero-order chi connectivity index (χ0) is 32.6. The van der Waals surface area contributed by atoms with Gasteiger partial charge in [-0.2, -0.15) is 0 Å². The number of carbonyl (C=O) groups is 3. The van der Waals surface area contributed by atoms with Gasteiger partial charge in [-0.25, -0.2) is 0 Å². The van der Waals surface area contributed by atoms with Crippen LogP contribution in [0.4, 0.5) is 0 Å². The predicted molar refractivity (Wildman–Crippen MR) is 174 cm³/mol. The van der Waals surface area contributed by atoms with E-state index in [1.165, 1.54) is 32.1 Å². The molecule has 44 heavy (non-hydrogen) atoms. The Balaban J connectivity index is 2.13. The second kappa shape index (κ2) is 25.2. The molecule has 1 unspecified atom stereocenters. The molecule has 3 N–H and O–H groups in total. The van der Waals surface area contributed by atoms with Gasteiger partial charge in [0.25, 0.3) is 0 Å². The highest BCUT2D eigenvalue weighted by Crippen LogP contribution is 2.33. The van der Waals surface area contributed by atoms with Crippen molar-refractivity contribution in [2.24, 2.45) is 17.8 Å². The third kappa shape index (κ3) is 19.4. The minimum atomic E-state index is -1.05. The first-order valence-electron chi connectivity index (χ1n) is 17.4. The van der Waals surface area contributed by atoms with Gasteiger partial charge >= 0.3 is 11.9 Å². The summed E-state index contributed by atoms with van der Waals surface area (Å²) >= 11 is 0. The Hall–Kier alpha value is -2.03. The minimum absolute atomic E-state index is 0.00108. The zero-order valence-electron chi connectivity index (χ0n) is 27.8. The summed E-state index contributed by atoms with van der Waals surface area (Å²) in [6.45, 7) is 6.24. The standard InChI is InChI=1S/C36H62O8/c1-4-6-13-19-29(37)23-24-32-31(33(39)25-34(32)40)20-15-11-12-17-22-36(42)44-27-30(38)26-43-35(41)21-16-10-8-7-9-14-18-28(3)5-2/h11,15,23-24,28-33,37-39H,4-10,12-14,16-22,25-27H2,1-3H3/b15-11-,24-23+/t28?,29-,30+,31+,32+,33-/m0/s1. The van der Waals surface area contributed by atoms with Gasteiger partial charge in [0, 0.05) is 31.1 Å². The maximum atomic E-state index is 12.4. The number of allylic oxidation sites excluding steroid dienone is 3. The van der Waals surface area contributed by atoms with E-state index >= 15 is 0 Å². The Morgan fingerprint density at radius 2 is 1.48 bits per heavy atom. The van der Waals surface area contributed by atoms with Gasteiger partial charge in [-0.15, -0.1) is 0 Å². The lowest BCUT2D eigenvalue weighted by Gasteiger charge is -2.17. The summed E-state index contributed by atoms with van der Waals surface area (Å²) in [6, 6.07) is 0. The van der Waals surface area contributed by atoms with Crippen molar-refractivity contribution in [2.75, 3.05) is 13.2 Å². The van der Waals surface area contributed by atoms with Crippen LogP contribution >= 0.6 is 0 Å². The molecule has 8 nitrogen and oxygen atoms in total. The van der Waals surface area contributed by atoms with Gasteiger partial charge in [0.15, 0.2) is 0 Å². The molecule has 0 bridgehead atoms. The number of unbranched alkanes of at least 4 members (excludes halogenated alkanes) is 8. The van der Waals surface area contributed by atoms with E-state index in [1.54, 1.807) is 12.2 Å². The molecule has 1 aliphatic rings. The minimum Gasteiger partial charge on any atom is -0.463 e. The van der Waals surface area contributed by atoms with Crippen molar-refractivity contribution in [2.45, 2.75) is 155 Å². The molecule has 6 atom stereocenters. The fourth-order valence-corrected chi connectivity index (χ4v) is 5.45. The Bertz CT molecular complexity index is 838. The highest BCUT2D eigenvalue weighted by Gasteiger charge is 2.39. The third-order valence-corrected chi connectivity index (χ3v) is 8.61. The number of ketones is 1. The summed E-state index contributed by atoms with van der Waals surface area (Å²) in [7, 11) is 0. The van der Waals surface area contributed by atoms with Crippen molar-refractivity contribution in [3.63, 3.8) is 0 Å². The molecule has 0 aromatic carbocycles. The number of aliphatic hydroxyl groups is 3. The maximum Gasteiger partial charge on any atom is 0.305 e. The Morgan fingerprint density at radius 3 is 2.14 bits per heavy atom. The van der Waals surface area contributed by atoms with Gasteiger partial charge in [0.1, 0.15) is 25.1 Å². The first-order valence-corrected chi connectivity index (χ1v) is 17.4. The quantitative estimate of drug-likeness (QED) is 0.0547. The van der Waals surface area contributed by atoms with Crippen LogP contribution in [0.15, 0.2) is 24.3 Å². The molecule has 254 valence electrons. The fourth-order valence-electron chi connectivity index (χ4n) is 5.45. The highest BCUT2D eigenvalue weighted by atomic mass is 16.6. The number of Topliss-reactive ketones (excluding diaryl/α,β-unsaturated/α-hetero) is 1. The Morgan fingerprint density at radius 1 is 0.864 bits per heavy atom. The molecule has 0 saturated heterocycles. The molecule has 8 heteroatoms. The van der Waals surface area contributed by atoms with Gasteiger partial charge in [0.2, 0.25) is 0 Å². The van der Waals surface area contributed by atoms with Crippen molar-refractivity contribution in [3.05, 3.63) is 24.3 Å². The number of ether oxygens (including phenoxy) is 2. The van der Waals surface area contributed by atoms with E-state index in [0.717, 1.165) is 44.4 Å². The molecule has 0 aromatic heterocycles. The van der Waals surface area contributed by atoms with E-state index in [-0.39, 0.29) is 43.7 Å². The molecule has 0 aliphatic heterocycles. The number of hydrogen-bond donors (Lipinski definition) is 3. The number of esters is 2. The van der Waals surface area contributed by atoms with Crippen molar-refractivity contribution in [1.82, 2.24) is 0 Å². The van der Waals surface area contributed by atoms with E-state index in [9.17, 15) is 29.7 Å². The van der Waals surface area contributed by atoms with Gasteiger partial charge in [-0.1, -0.05) is 109 Å². The SMILES string of the molecule is CCCCC[C@H](O)/C=C/[C@H]1C(=O)C[C@H](O)[C@@H]1C/C=C\CCCC(=O)OC[C@H](O)COC(=O)CCCCCCCCC(C)CC. The molecule has 0 radical (unpaired) electrons. The topological polar surface area (TPSA) is 130 Å². The van der Waals surface area contributed by atoms with Gasteiger partial charge in [-0.05, 0) is 38.0 Å². The lowest BCUT2D eigenvalue weighted by Crippen LogP contribution is -2.25. The van der Waals surface area contributed by atoms with Crippen LogP contribution in [0.5, 0.6) is 0 Å². The summed E-state index contributed by atoms with van der Waals surface area (Å²) in [5.74, 6) is -0.563. The molecule has 0 spiro atoms. The number of hydrogen-bond acceptors (Lipinski definition) is 8. The van der Waals surface area contributed by atoms with Crippen LogP contribution < -0.4 is 0 Å². The third-order valence-electron chi connectivity index (χ3n) is 8.61. The van der Waals surface area contributed by atoms with Crippen molar-refractivity contribution in [3.8, 4) is 0 Å². The van der Waals surface area contributed by atoms with Crippen molar-refractivity contribution < 1.29 is 39.2 Å². The van der Waals surface area contributed by atoms with E-state index < -0.39 is 30.2 Å². The zero-order valence-corrected chi connectivity index (χ0v) is 27.8. The monoisotopic (exact) mass is 622 g/mol. The van der Waals surface area contributed by atoms with Crippen LogP contribution in [-0.2, 0) is 23.9 Å². The van der Waals surface area contributed by atoms with Crippen LogP contribution in [0, 0.1) is 17.8 Å². The smallest absolute Gasteiger partial charge is 0.305 e. The average Bonchev–Trinajstić information content (AvgIpc) is 3.27. The largest absolute Gasteiger partial charge is 0.463 e. The summed E-state index contributed by atoms with van der Waals surface area (Å²) < 4.78 is 10.2. The molecule has 0 aromatic rings. The fraction of sp³-hybridized carbons (Fsp3) is 0.806. The Labute approximate surface area is 266 Å². The van der Waals surface area contributed by atoms with Gasteiger partial charge in [-0.3, -0.25) is 14.4 Å². The summed E-state index contributed by atoms with van der Waals surface area (Å²) in [5.41, 5.74) is 0. The van der Waals surface area contributed by atoms with Crippen LogP contribution in [0.3, 0.4) is 0 Å². The van der Waals surface area contributed by atoms with Crippen LogP contribution in [0.25, 0.3) is 0 Å². The molecule has 1 saturated carbocycles. The molecular weight excluding hydrogens is 560 g/mol. The van der Waals surface area contributed by atoms with Crippen LogP contribution in [0.2, 0.25) is 0 Å². The lowest BCUT2D eigenvalue weighted by atomic mass is 9.90. The van der Waals surface area contributed by atoms with Crippen LogP contribution in [-0.4, -0.2) is 64.6 Å². The summed E-state index contributed by atoms with van der Waals surface area (Å²) in [6.07, 6.45) is 20.3. The van der Waals surface area contributed by atoms with E-state index in [0.29, 0.717) is 32.1 Å². The van der Waals surface area contributed by atoms with E-state index in [2.05, 4.69) is 20.8 Å². The van der Waals surface area contributed by atoms with Gasteiger partial charge < -0.3 is 24.8 Å². The second-order valence-corrected chi connectivity index (χ2v) is 12.7. The number of carbonyl (C=O) groups excluding carboxylic acids is 3. The lowest BCUT2D eigenvalue weighted by molar-refractivity contribution is -0.152. The molecule has 1 aliphatic carbocycles. The average molecular weight is 623 g/mol. The molecule has 1 fully saturated rings. The Kier molecular flexibility index (Phi) is 22.9. The summed E-state index contributed by atoms with van der Waals surface area (Å²) in [4.78, 5) is 36.3. The van der Waals surface area contributed by atoms with E-state index in [4.69, 9.17) is 9.47 Å². The number of aliphatic hydroxyl groups excluding tert-OH is 3. The predicted octanol–water partition coefficient (Wildman–Crippen LogP) is 6.78. The molecule has 0 heterocycles. The maximum absolute atomic E-state index is 12.4. The van der Waals surface area contributed by atoms with Crippen molar-refractivity contribution >= 4 is 17.7 Å². The summed E-state index contributed by atoms with van der Waals surface area (Å²) in [5, 5.41) is 30.5. The van der Waals surface area contributed by atoms with Crippen LogP contribution in [0.1, 0.15) is 136 Å². The van der Waals surface area contributed by atoms with Gasteiger partial charge in [0.05, 0.1) is 12.2 Å². The van der Waals surface area contributed by atoms with E-state index in [1.807, 2.05) is 12.2 Å². The molecule has 0 amide bonds. The first-order chi connectivity index (χ1) is 21.2. The first kappa shape index (κ1) is 40.0. The normalized spacial score (nSPS) is 20.8. The number of rotatable bonds is 26. The molecular formula is C36H62O8. The molecule has 1 rings (SSSR count). The highest BCUT2D eigenvalue weighted by molar-refractivity contribution is 5.86. The van der Waals surface area contributed by atoms with Crippen molar-refractivity contribution in [1.29, 1.82) is 0 Å².